The molecule has 72 valence electrons. The summed E-state index contributed by atoms with van der Waals surface area (Å²) in [6.07, 6.45) is 5.50. The first-order chi connectivity index (χ1) is 6.33. The van der Waals surface area contributed by atoms with Gasteiger partial charge in [0.25, 0.3) is 0 Å². The van der Waals surface area contributed by atoms with Crippen LogP contribution < -0.4 is 11.1 Å². The zero-order chi connectivity index (χ0) is 9.52. The summed E-state index contributed by atoms with van der Waals surface area (Å²) in [5.41, 5.74) is 6.51. The molecule has 0 amide bonds. The van der Waals surface area contributed by atoms with Gasteiger partial charge in [-0.05, 0) is 18.6 Å². The quantitative estimate of drug-likeness (QED) is 0.682. The summed E-state index contributed by atoms with van der Waals surface area (Å²) in [6, 6.07) is 3.76. The van der Waals surface area contributed by atoms with Crippen molar-refractivity contribution in [3.8, 4) is 0 Å². The highest BCUT2D eigenvalue weighted by Crippen LogP contribution is 2.07. The average molecular weight is 179 g/mol. The normalized spacial score (nSPS) is 9.92. The van der Waals surface area contributed by atoms with Crippen LogP contribution in [0, 0.1) is 0 Å². The molecule has 1 aromatic rings. The highest BCUT2D eigenvalue weighted by atomic mass is 14.9. The van der Waals surface area contributed by atoms with Gasteiger partial charge in [-0.25, -0.2) is 4.98 Å². The lowest BCUT2D eigenvalue weighted by molar-refractivity contribution is 0.743. The van der Waals surface area contributed by atoms with Crippen LogP contribution in [0.25, 0.3) is 0 Å². The number of pyridine rings is 1. The van der Waals surface area contributed by atoms with Gasteiger partial charge in [0, 0.05) is 6.54 Å². The van der Waals surface area contributed by atoms with E-state index in [1.807, 2.05) is 12.1 Å². The van der Waals surface area contributed by atoms with E-state index in [9.17, 15) is 0 Å². The van der Waals surface area contributed by atoms with Gasteiger partial charge in [0.05, 0.1) is 11.9 Å². The highest BCUT2D eigenvalue weighted by Gasteiger charge is 1.91. The fraction of sp³-hybridized carbons (Fsp3) is 0.500. The average Bonchev–Trinajstić information content (AvgIpc) is 2.15. The van der Waals surface area contributed by atoms with E-state index >= 15 is 0 Å². The molecule has 1 aromatic heterocycles. The topological polar surface area (TPSA) is 50.9 Å². The first-order valence-corrected chi connectivity index (χ1v) is 4.78. The Kier molecular flexibility index (Phi) is 4.09. The van der Waals surface area contributed by atoms with Crippen LogP contribution in [0.4, 0.5) is 11.5 Å². The SMILES string of the molecule is CCCCCNc1ccc(N)nc1. The predicted octanol–water partition coefficient (Wildman–Crippen LogP) is 2.27. The van der Waals surface area contributed by atoms with Crippen LogP contribution in [0.15, 0.2) is 18.3 Å². The molecule has 0 fully saturated rings. The van der Waals surface area contributed by atoms with E-state index in [1.54, 1.807) is 6.20 Å². The number of nitrogens with one attached hydrogen (secondary N) is 1. The fourth-order valence-electron chi connectivity index (χ4n) is 1.12. The molecule has 3 nitrogen and oxygen atoms in total. The van der Waals surface area contributed by atoms with E-state index in [0.717, 1.165) is 12.2 Å². The molecule has 0 aliphatic rings. The maximum atomic E-state index is 5.46. The lowest BCUT2D eigenvalue weighted by atomic mass is 10.2. The first kappa shape index (κ1) is 9.84. The summed E-state index contributed by atoms with van der Waals surface area (Å²) in [6.45, 7) is 3.21. The Morgan fingerprint density at radius 3 is 2.85 bits per heavy atom. The molecule has 1 heterocycles. The van der Waals surface area contributed by atoms with Crippen LogP contribution >= 0.6 is 0 Å². The lowest BCUT2D eigenvalue weighted by Crippen LogP contribution is -2.01. The van der Waals surface area contributed by atoms with Gasteiger partial charge in [-0.1, -0.05) is 19.8 Å². The monoisotopic (exact) mass is 179 g/mol. The molecule has 0 spiro atoms. The van der Waals surface area contributed by atoms with Crippen LogP contribution in [0.2, 0.25) is 0 Å². The van der Waals surface area contributed by atoms with Crippen LogP contribution in [-0.2, 0) is 0 Å². The third-order valence-corrected chi connectivity index (χ3v) is 1.90. The Labute approximate surface area is 79.4 Å². The summed E-state index contributed by atoms with van der Waals surface area (Å²) < 4.78 is 0. The largest absolute Gasteiger partial charge is 0.384 e. The standard InChI is InChI=1S/C10H17N3/c1-2-3-4-7-12-9-5-6-10(11)13-8-9/h5-6,8,12H,2-4,7H2,1H3,(H2,11,13). The summed E-state index contributed by atoms with van der Waals surface area (Å²) in [4.78, 5) is 3.99. The van der Waals surface area contributed by atoms with Gasteiger partial charge in [0.15, 0.2) is 0 Å². The molecule has 0 saturated carbocycles. The fourth-order valence-corrected chi connectivity index (χ4v) is 1.12. The van der Waals surface area contributed by atoms with Gasteiger partial charge in [-0.2, -0.15) is 0 Å². The molecular formula is C10H17N3. The molecule has 0 bridgehead atoms. The number of rotatable bonds is 5. The Bertz CT molecular complexity index is 230. The van der Waals surface area contributed by atoms with Gasteiger partial charge in [0.1, 0.15) is 5.82 Å². The Morgan fingerprint density at radius 2 is 2.23 bits per heavy atom. The smallest absolute Gasteiger partial charge is 0.123 e. The second-order valence-corrected chi connectivity index (χ2v) is 3.11. The minimum absolute atomic E-state index is 0.569. The van der Waals surface area contributed by atoms with Crippen molar-refractivity contribution in [2.24, 2.45) is 0 Å². The van der Waals surface area contributed by atoms with Crippen molar-refractivity contribution in [2.45, 2.75) is 26.2 Å². The Balaban J connectivity index is 2.25. The van der Waals surface area contributed by atoms with Crippen molar-refractivity contribution < 1.29 is 0 Å². The molecule has 3 heteroatoms. The number of nitrogen functional groups attached to an aromatic ring is 1. The van der Waals surface area contributed by atoms with E-state index in [1.165, 1.54) is 19.3 Å². The summed E-state index contributed by atoms with van der Waals surface area (Å²) >= 11 is 0. The number of anilines is 2. The minimum Gasteiger partial charge on any atom is -0.384 e. The summed E-state index contributed by atoms with van der Waals surface area (Å²) in [5, 5.41) is 3.29. The third-order valence-electron chi connectivity index (χ3n) is 1.90. The van der Waals surface area contributed by atoms with Crippen LogP contribution in [0.1, 0.15) is 26.2 Å². The van der Waals surface area contributed by atoms with Crippen molar-refractivity contribution in [1.82, 2.24) is 4.98 Å². The molecule has 0 saturated heterocycles. The highest BCUT2D eigenvalue weighted by molar-refractivity contribution is 5.45. The van der Waals surface area contributed by atoms with Gasteiger partial charge in [-0.3, -0.25) is 0 Å². The maximum Gasteiger partial charge on any atom is 0.123 e. The van der Waals surface area contributed by atoms with E-state index in [2.05, 4.69) is 17.2 Å². The van der Waals surface area contributed by atoms with Crippen molar-refractivity contribution >= 4 is 11.5 Å². The van der Waals surface area contributed by atoms with E-state index < -0.39 is 0 Å². The Morgan fingerprint density at radius 1 is 1.38 bits per heavy atom. The van der Waals surface area contributed by atoms with Crippen LogP contribution in [-0.4, -0.2) is 11.5 Å². The molecule has 0 aromatic carbocycles. The third kappa shape index (κ3) is 3.78. The first-order valence-electron chi connectivity index (χ1n) is 4.78. The van der Waals surface area contributed by atoms with Gasteiger partial charge in [0.2, 0.25) is 0 Å². The number of unbranched alkanes of at least 4 members (excludes halogenated alkanes) is 2. The number of hydrogen-bond donors (Lipinski definition) is 2. The van der Waals surface area contributed by atoms with Crippen molar-refractivity contribution in [3.63, 3.8) is 0 Å². The number of aromatic nitrogens is 1. The van der Waals surface area contributed by atoms with Crippen LogP contribution in [0.5, 0.6) is 0 Å². The molecule has 0 unspecified atom stereocenters. The number of nitrogens with zero attached hydrogens (tertiary/aromatic N) is 1. The maximum absolute atomic E-state index is 5.46. The zero-order valence-corrected chi connectivity index (χ0v) is 8.09. The van der Waals surface area contributed by atoms with E-state index in [4.69, 9.17) is 5.73 Å². The molecule has 0 aliphatic heterocycles. The van der Waals surface area contributed by atoms with Crippen molar-refractivity contribution in [1.29, 1.82) is 0 Å². The van der Waals surface area contributed by atoms with Gasteiger partial charge in [-0.15, -0.1) is 0 Å². The second-order valence-electron chi connectivity index (χ2n) is 3.11. The minimum atomic E-state index is 0.569. The lowest BCUT2D eigenvalue weighted by Gasteiger charge is -2.04. The molecular weight excluding hydrogens is 162 g/mol. The van der Waals surface area contributed by atoms with Crippen LogP contribution in [0.3, 0.4) is 0 Å². The van der Waals surface area contributed by atoms with E-state index in [-0.39, 0.29) is 0 Å². The number of nitrogens with two attached hydrogens (primary N) is 1. The second kappa shape index (κ2) is 5.41. The van der Waals surface area contributed by atoms with Crippen molar-refractivity contribution in [3.05, 3.63) is 18.3 Å². The van der Waals surface area contributed by atoms with Gasteiger partial charge < -0.3 is 11.1 Å². The molecule has 1 rings (SSSR count). The summed E-state index contributed by atoms with van der Waals surface area (Å²) in [7, 11) is 0. The Hall–Kier alpha value is -1.25. The molecule has 3 N–H and O–H groups in total. The van der Waals surface area contributed by atoms with E-state index in [0.29, 0.717) is 5.82 Å². The van der Waals surface area contributed by atoms with Gasteiger partial charge >= 0.3 is 0 Å². The molecule has 0 atom stereocenters. The molecule has 13 heavy (non-hydrogen) atoms. The number of hydrogen-bond acceptors (Lipinski definition) is 3. The zero-order valence-electron chi connectivity index (χ0n) is 8.09. The summed E-state index contributed by atoms with van der Waals surface area (Å²) in [5.74, 6) is 0.569. The molecule has 0 aliphatic carbocycles. The van der Waals surface area contributed by atoms with Crippen molar-refractivity contribution in [2.75, 3.05) is 17.6 Å². The predicted molar refractivity (Wildman–Crippen MR) is 56.7 cm³/mol. The molecule has 0 radical (unpaired) electrons.